The van der Waals surface area contributed by atoms with Crippen LogP contribution in [0.2, 0.25) is 13.1 Å². The van der Waals surface area contributed by atoms with Gasteiger partial charge in [-0.1, -0.05) is 19.2 Å². The highest BCUT2D eigenvalue weighted by Crippen LogP contribution is 2.42. The summed E-state index contributed by atoms with van der Waals surface area (Å²) in [6.45, 7) is 4.40. The van der Waals surface area contributed by atoms with Crippen LogP contribution >= 0.6 is 11.3 Å². The van der Waals surface area contributed by atoms with Crippen molar-refractivity contribution in [3.63, 3.8) is 0 Å². The lowest BCUT2D eigenvalue weighted by atomic mass is 10.1. The van der Waals surface area contributed by atoms with Gasteiger partial charge in [-0.25, -0.2) is 9.67 Å². The Balaban J connectivity index is 0.000000613. The van der Waals surface area contributed by atoms with Crippen LogP contribution in [0.3, 0.4) is 0 Å². The standard InChI is InChI=1S/C16H18N4OSSi.CH2O2/c1-23(2)9-20-16(21-10-23)14(11-5-6-18-13(17)8-11)15(19-20)12-4-3-7-22-12;2-1-3/h3-8H,9-10H2,1-2H3,(H2,17,18);1H,(H,2,3). The minimum Gasteiger partial charge on any atom is -0.483 e. The van der Waals surface area contributed by atoms with Gasteiger partial charge >= 0.3 is 0 Å². The molecule has 3 N–H and O–H groups in total. The predicted octanol–water partition coefficient (Wildman–Crippen LogP) is 3.14. The molecule has 0 atom stereocenters. The molecule has 26 heavy (non-hydrogen) atoms. The van der Waals surface area contributed by atoms with Crippen LogP contribution in [0.5, 0.6) is 5.88 Å². The van der Waals surface area contributed by atoms with Crippen LogP contribution < -0.4 is 10.5 Å². The summed E-state index contributed by atoms with van der Waals surface area (Å²) in [5.41, 5.74) is 8.87. The largest absolute Gasteiger partial charge is 0.483 e. The van der Waals surface area contributed by atoms with Crippen molar-refractivity contribution in [3.8, 4) is 27.6 Å². The minimum atomic E-state index is -1.40. The van der Waals surface area contributed by atoms with E-state index in [0.717, 1.165) is 40.0 Å². The van der Waals surface area contributed by atoms with Crippen molar-refractivity contribution in [2.45, 2.75) is 19.3 Å². The van der Waals surface area contributed by atoms with Crippen LogP contribution in [0.1, 0.15) is 0 Å². The number of thiophene rings is 1. The number of carboxylic acid groups (broad SMARTS) is 1. The summed E-state index contributed by atoms with van der Waals surface area (Å²) >= 11 is 1.69. The number of hydrogen-bond donors (Lipinski definition) is 2. The van der Waals surface area contributed by atoms with Crippen molar-refractivity contribution in [2.24, 2.45) is 0 Å². The number of hydrogen-bond acceptors (Lipinski definition) is 6. The molecule has 0 fully saturated rings. The SMILES string of the molecule is C[Si]1(C)COc2c(-c3ccnc(N)c3)c(-c3cccs3)nn2C1.O=CO. The average molecular weight is 389 g/mol. The highest BCUT2D eigenvalue weighted by molar-refractivity contribution is 7.13. The molecular formula is C17H20N4O3SSi. The summed E-state index contributed by atoms with van der Waals surface area (Å²) < 4.78 is 8.19. The monoisotopic (exact) mass is 388 g/mol. The Kier molecular flexibility index (Phi) is 5.10. The van der Waals surface area contributed by atoms with Gasteiger partial charge < -0.3 is 15.6 Å². The van der Waals surface area contributed by atoms with E-state index in [9.17, 15) is 0 Å². The van der Waals surface area contributed by atoms with E-state index in [1.54, 1.807) is 17.5 Å². The lowest BCUT2D eigenvalue weighted by Gasteiger charge is -2.28. The van der Waals surface area contributed by atoms with E-state index in [-0.39, 0.29) is 6.47 Å². The van der Waals surface area contributed by atoms with Crippen molar-refractivity contribution in [2.75, 3.05) is 12.0 Å². The number of ether oxygens (including phenoxy) is 1. The Labute approximate surface area is 156 Å². The molecule has 0 aliphatic carbocycles. The molecule has 0 saturated carbocycles. The zero-order chi connectivity index (χ0) is 18.7. The number of fused-ring (bicyclic) bond motifs is 1. The second-order valence-corrected chi connectivity index (χ2v) is 12.6. The first-order chi connectivity index (χ1) is 12.4. The zero-order valence-electron chi connectivity index (χ0n) is 14.5. The molecule has 1 aliphatic heterocycles. The van der Waals surface area contributed by atoms with E-state index in [2.05, 4.69) is 29.5 Å². The maximum atomic E-state index is 8.36. The Morgan fingerprint density at radius 2 is 2.19 bits per heavy atom. The van der Waals surface area contributed by atoms with Gasteiger partial charge in [0, 0.05) is 12.4 Å². The van der Waals surface area contributed by atoms with Crippen molar-refractivity contribution in [3.05, 3.63) is 35.8 Å². The number of nitrogen functional groups attached to an aromatic ring is 1. The van der Waals surface area contributed by atoms with Gasteiger partial charge in [-0.3, -0.25) is 4.79 Å². The Morgan fingerprint density at radius 1 is 1.42 bits per heavy atom. The normalized spacial score (nSPS) is 14.5. The van der Waals surface area contributed by atoms with Gasteiger partial charge in [0.25, 0.3) is 6.47 Å². The number of nitrogens with zero attached hydrogens (tertiary/aromatic N) is 3. The van der Waals surface area contributed by atoms with E-state index < -0.39 is 8.07 Å². The van der Waals surface area contributed by atoms with Crippen LogP contribution in [0.4, 0.5) is 5.82 Å². The molecular weight excluding hydrogens is 368 g/mol. The van der Waals surface area contributed by atoms with Gasteiger partial charge in [0.15, 0.2) is 0 Å². The van der Waals surface area contributed by atoms with E-state index in [0.29, 0.717) is 5.82 Å². The van der Waals surface area contributed by atoms with Crippen molar-refractivity contribution in [1.82, 2.24) is 14.8 Å². The highest BCUT2D eigenvalue weighted by Gasteiger charge is 2.34. The molecule has 0 saturated heterocycles. The second-order valence-electron chi connectivity index (χ2n) is 6.69. The molecule has 1 aliphatic rings. The Hall–Kier alpha value is -2.65. The van der Waals surface area contributed by atoms with Crippen LogP contribution in [-0.2, 0) is 11.0 Å². The van der Waals surface area contributed by atoms with Crippen LogP contribution in [0.15, 0.2) is 35.8 Å². The van der Waals surface area contributed by atoms with E-state index >= 15 is 0 Å². The first-order valence-corrected chi connectivity index (χ1v) is 12.3. The molecule has 0 aromatic carbocycles. The summed E-state index contributed by atoms with van der Waals surface area (Å²) in [4.78, 5) is 13.6. The predicted molar refractivity (Wildman–Crippen MR) is 105 cm³/mol. The number of nitrogens with two attached hydrogens (primary N) is 1. The van der Waals surface area contributed by atoms with Gasteiger partial charge in [0.2, 0.25) is 5.88 Å². The van der Waals surface area contributed by atoms with E-state index in [1.165, 1.54) is 0 Å². The molecule has 0 amide bonds. The molecule has 9 heteroatoms. The zero-order valence-corrected chi connectivity index (χ0v) is 16.4. The van der Waals surface area contributed by atoms with E-state index in [1.807, 2.05) is 22.9 Å². The first kappa shape index (κ1) is 18.1. The fraction of sp³-hybridized carbons (Fsp3) is 0.235. The van der Waals surface area contributed by atoms with Crippen LogP contribution in [0, 0.1) is 0 Å². The topological polar surface area (TPSA) is 103 Å². The third kappa shape index (κ3) is 3.63. The Bertz CT molecular complexity index is 909. The lowest BCUT2D eigenvalue weighted by Crippen LogP contribution is -2.44. The van der Waals surface area contributed by atoms with Gasteiger partial charge in [0.05, 0.1) is 16.7 Å². The summed E-state index contributed by atoms with van der Waals surface area (Å²) in [5, 5.41) is 13.8. The van der Waals surface area contributed by atoms with Gasteiger partial charge in [0.1, 0.15) is 19.6 Å². The molecule has 0 bridgehead atoms. The molecule has 4 rings (SSSR count). The Morgan fingerprint density at radius 3 is 2.85 bits per heavy atom. The maximum absolute atomic E-state index is 8.36. The number of carbonyl (C=O) groups is 1. The summed E-state index contributed by atoms with van der Waals surface area (Å²) in [6.07, 6.45) is 3.52. The quantitative estimate of drug-likeness (QED) is 0.516. The molecule has 7 nitrogen and oxygen atoms in total. The van der Waals surface area contributed by atoms with Crippen molar-refractivity contribution >= 4 is 31.7 Å². The summed E-state index contributed by atoms with van der Waals surface area (Å²) in [6, 6.07) is 7.99. The third-order valence-electron chi connectivity index (χ3n) is 3.91. The molecule has 0 radical (unpaired) electrons. The highest BCUT2D eigenvalue weighted by atomic mass is 32.1. The number of pyridine rings is 1. The maximum Gasteiger partial charge on any atom is 0.290 e. The average Bonchev–Trinajstić information content (AvgIpc) is 3.21. The number of anilines is 1. The molecule has 3 aromatic rings. The lowest BCUT2D eigenvalue weighted by molar-refractivity contribution is -0.122. The van der Waals surface area contributed by atoms with Gasteiger partial charge in [-0.2, -0.15) is 5.10 Å². The molecule has 3 aromatic heterocycles. The van der Waals surface area contributed by atoms with Crippen molar-refractivity contribution in [1.29, 1.82) is 0 Å². The fourth-order valence-electron chi connectivity index (χ4n) is 2.86. The van der Waals surface area contributed by atoms with Gasteiger partial charge in [-0.15, -0.1) is 11.3 Å². The number of rotatable bonds is 2. The first-order valence-electron chi connectivity index (χ1n) is 8.02. The van der Waals surface area contributed by atoms with Crippen LogP contribution in [-0.4, -0.2) is 40.6 Å². The third-order valence-corrected chi connectivity index (χ3v) is 6.87. The molecule has 0 unspecified atom stereocenters. The fourth-order valence-corrected chi connectivity index (χ4v) is 5.22. The minimum absolute atomic E-state index is 0.250. The second kappa shape index (κ2) is 7.30. The number of aromatic nitrogens is 3. The van der Waals surface area contributed by atoms with E-state index in [4.69, 9.17) is 25.5 Å². The molecule has 136 valence electrons. The summed E-state index contributed by atoms with van der Waals surface area (Å²) in [7, 11) is -1.40. The molecule has 0 spiro atoms. The molecule has 4 heterocycles. The van der Waals surface area contributed by atoms with Crippen molar-refractivity contribution < 1.29 is 14.6 Å². The van der Waals surface area contributed by atoms with Gasteiger partial charge in [-0.05, 0) is 29.1 Å². The smallest absolute Gasteiger partial charge is 0.290 e. The summed E-state index contributed by atoms with van der Waals surface area (Å²) in [5.74, 6) is 1.36. The van der Waals surface area contributed by atoms with Crippen LogP contribution in [0.25, 0.3) is 21.7 Å².